The number of benzene rings is 2. The molecule has 0 saturated carbocycles. The second kappa shape index (κ2) is 10.1. The fraction of sp³-hybridized carbons (Fsp3) is 0.333. The van der Waals surface area contributed by atoms with E-state index in [1.54, 1.807) is 17.0 Å². The van der Waals surface area contributed by atoms with Crippen LogP contribution in [0.3, 0.4) is 0 Å². The number of nitrogens with zero attached hydrogens (tertiary/aromatic N) is 2. The molecule has 1 heterocycles. The molecule has 31 heavy (non-hydrogen) atoms. The molecule has 1 fully saturated rings. The number of piperazine rings is 1. The maximum Gasteiger partial charge on any atom is 0.315 e. The van der Waals surface area contributed by atoms with Crippen LogP contribution >= 0.6 is 11.6 Å². The van der Waals surface area contributed by atoms with E-state index in [9.17, 15) is 18.0 Å². The van der Waals surface area contributed by atoms with Gasteiger partial charge >= 0.3 is 6.03 Å². The SMILES string of the molecule is Cc1ccc(CNC(=O)NCC(=O)N2CCN(S(=O)(=O)c3ccccc3Cl)CC2)cc1. The molecule has 2 aromatic carbocycles. The number of sulfonamides is 1. The van der Waals surface area contributed by atoms with Gasteiger partial charge in [0.2, 0.25) is 15.9 Å². The van der Waals surface area contributed by atoms with E-state index in [4.69, 9.17) is 11.6 Å². The highest BCUT2D eigenvalue weighted by Gasteiger charge is 2.31. The third-order valence-electron chi connectivity index (χ3n) is 5.02. The first-order valence-electron chi connectivity index (χ1n) is 9.87. The molecule has 3 rings (SSSR count). The van der Waals surface area contributed by atoms with E-state index in [1.807, 2.05) is 31.2 Å². The van der Waals surface area contributed by atoms with E-state index in [-0.39, 0.29) is 48.5 Å². The van der Waals surface area contributed by atoms with Crippen molar-refractivity contribution in [2.45, 2.75) is 18.4 Å². The monoisotopic (exact) mass is 464 g/mol. The van der Waals surface area contributed by atoms with E-state index < -0.39 is 16.1 Å². The quantitative estimate of drug-likeness (QED) is 0.682. The Hall–Kier alpha value is -2.62. The summed E-state index contributed by atoms with van der Waals surface area (Å²) in [6.07, 6.45) is 0. The Bertz CT molecular complexity index is 1040. The summed E-state index contributed by atoms with van der Waals surface area (Å²) in [5.41, 5.74) is 2.10. The standard InChI is InChI=1S/C21H25ClN4O4S/c1-16-6-8-17(9-7-16)14-23-21(28)24-15-20(27)25-10-12-26(13-11-25)31(29,30)19-5-3-2-4-18(19)22/h2-9H,10-15H2,1H3,(H2,23,24,28). The van der Waals surface area contributed by atoms with Gasteiger partial charge in [-0.2, -0.15) is 4.31 Å². The van der Waals surface area contributed by atoms with Gasteiger partial charge in [-0.25, -0.2) is 13.2 Å². The summed E-state index contributed by atoms with van der Waals surface area (Å²) in [7, 11) is -3.72. The molecule has 1 saturated heterocycles. The number of carbonyl (C=O) groups excluding carboxylic acids is 2. The van der Waals surface area contributed by atoms with E-state index in [0.29, 0.717) is 6.54 Å². The van der Waals surface area contributed by atoms with Crippen molar-refractivity contribution in [3.8, 4) is 0 Å². The Labute approximate surface area is 187 Å². The highest BCUT2D eigenvalue weighted by Crippen LogP contribution is 2.24. The smallest absolute Gasteiger partial charge is 0.315 e. The van der Waals surface area contributed by atoms with Gasteiger partial charge in [0, 0.05) is 32.7 Å². The minimum Gasteiger partial charge on any atom is -0.339 e. The first-order chi connectivity index (χ1) is 14.8. The molecule has 0 aromatic heterocycles. The molecule has 1 aliphatic rings. The highest BCUT2D eigenvalue weighted by atomic mass is 35.5. The lowest BCUT2D eigenvalue weighted by atomic mass is 10.1. The number of halogens is 1. The van der Waals surface area contributed by atoms with E-state index in [1.165, 1.54) is 16.4 Å². The van der Waals surface area contributed by atoms with Gasteiger partial charge in [0.15, 0.2) is 0 Å². The van der Waals surface area contributed by atoms with Crippen LogP contribution in [-0.4, -0.2) is 62.3 Å². The van der Waals surface area contributed by atoms with Crippen LogP contribution < -0.4 is 10.6 Å². The lowest BCUT2D eigenvalue weighted by Gasteiger charge is -2.34. The summed E-state index contributed by atoms with van der Waals surface area (Å²) in [5.74, 6) is -0.264. The molecular formula is C21H25ClN4O4S. The van der Waals surface area contributed by atoms with E-state index in [2.05, 4.69) is 10.6 Å². The zero-order valence-corrected chi connectivity index (χ0v) is 18.7. The van der Waals surface area contributed by atoms with Crippen LogP contribution in [0.25, 0.3) is 0 Å². The Morgan fingerprint density at radius 2 is 1.61 bits per heavy atom. The van der Waals surface area contributed by atoms with Gasteiger partial charge in [0.25, 0.3) is 0 Å². The number of amides is 3. The van der Waals surface area contributed by atoms with Crippen molar-refractivity contribution in [2.75, 3.05) is 32.7 Å². The normalized spacial score (nSPS) is 14.8. The van der Waals surface area contributed by atoms with E-state index in [0.717, 1.165) is 11.1 Å². The van der Waals surface area contributed by atoms with Gasteiger partial charge in [-0.05, 0) is 24.6 Å². The first kappa shape index (κ1) is 23.1. The van der Waals surface area contributed by atoms with Gasteiger partial charge in [-0.1, -0.05) is 53.6 Å². The number of carbonyl (C=O) groups is 2. The molecule has 3 amide bonds. The molecule has 0 bridgehead atoms. The average molecular weight is 465 g/mol. The zero-order valence-electron chi connectivity index (χ0n) is 17.2. The number of rotatable bonds is 6. The fourth-order valence-electron chi connectivity index (χ4n) is 3.19. The van der Waals surface area contributed by atoms with Crippen LogP contribution in [0.2, 0.25) is 5.02 Å². The maximum absolute atomic E-state index is 12.8. The van der Waals surface area contributed by atoms with Crippen LogP contribution in [-0.2, 0) is 21.4 Å². The minimum absolute atomic E-state index is 0.0587. The largest absolute Gasteiger partial charge is 0.339 e. The van der Waals surface area contributed by atoms with Crippen molar-refractivity contribution in [1.29, 1.82) is 0 Å². The zero-order chi connectivity index (χ0) is 22.4. The third-order valence-corrected chi connectivity index (χ3v) is 7.42. The van der Waals surface area contributed by atoms with Crippen molar-refractivity contribution in [2.24, 2.45) is 0 Å². The molecule has 2 aromatic rings. The van der Waals surface area contributed by atoms with Gasteiger partial charge in [0.05, 0.1) is 11.6 Å². The molecule has 0 radical (unpaired) electrons. The summed E-state index contributed by atoms with van der Waals surface area (Å²) in [5, 5.41) is 5.42. The van der Waals surface area contributed by atoms with Gasteiger partial charge in [0.1, 0.15) is 4.90 Å². The molecular weight excluding hydrogens is 440 g/mol. The number of hydrogen-bond acceptors (Lipinski definition) is 4. The average Bonchev–Trinajstić information content (AvgIpc) is 2.77. The Kier molecular flexibility index (Phi) is 7.53. The predicted octanol–water partition coefficient (Wildman–Crippen LogP) is 1.98. The fourth-order valence-corrected chi connectivity index (χ4v) is 5.10. The van der Waals surface area contributed by atoms with Crippen molar-refractivity contribution >= 4 is 33.6 Å². The van der Waals surface area contributed by atoms with Crippen molar-refractivity contribution in [3.05, 3.63) is 64.7 Å². The van der Waals surface area contributed by atoms with Gasteiger partial charge in [-0.15, -0.1) is 0 Å². The Morgan fingerprint density at radius 1 is 0.968 bits per heavy atom. The Morgan fingerprint density at radius 3 is 2.26 bits per heavy atom. The number of aryl methyl sites for hydroxylation is 1. The van der Waals surface area contributed by atoms with Gasteiger partial charge < -0.3 is 15.5 Å². The second-order valence-corrected chi connectivity index (χ2v) is 9.55. The molecule has 0 unspecified atom stereocenters. The van der Waals surface area contributed by atoms with Crippen LogP contribution in [0.15, 0.2) is 53.4 Å². The molecule has 10 heteroatoms. The molecule has 2 N–H and O–H groups in total. The molecule has 166 valence electrons. The lowest BCUT2D eigenvalue weighted by Crippen LogP contribution is -2.53. The second-order valence-electron chi connectivity index (χ2n) is 7.24. The molecule has 0 aliphatic carbocycles. The number of hydrogen-bond donors (Lipinski definition) is 2. The maximum atomic E-state index is 12.8. The van der Waals surface area contributed by atoms with Crippen LogP contribution in [0.1, 0.15) is 11.1 Å². The summed E-state index contributed by atoms with van der Waals surface area (Å²) in [6.45, 7) is 3.01. The molecule has 8 nitrogen and oxygen atoms in total. The van der Waals surface area contributed by atoms with Crippen LogP contribution in [0, 0.1) is 6.92 Å². The van der Waals surface area contributed by atoms with E-state index >= 15 is 0 Å². The Balaban J connectivity index is 1.44. The topological polar surface area (TPSA) is 98.8 Å². The highest BCUT2D eigenvalue weighted by molar-refractivity contribution is 7.89. The molecule has 1 aliphatic heterocycles. The summed E-state index contributed by atoms with van der Waals surface area (Å²) in [6, 6.07) is 13.6. The lowest BCUT2D eigenvalue weighted by molar-refractivity contribution is -0.131. The minimum atomic E-state index is -3.72. The van der Waals surface area contributed by atoms with Crippen LogP contribution in [0.4, 0.5) is 4.79 Å². The van der Waals surface area contributed by atoms with Crippen molar-refractivity contribution < 1.29 is 18.0 Å². The first-order valence-corrected chi connectivity index (χ1v) is 11.7. The van der Waals surface area contributed by atoms with Crippen molar-refractivity contribution in [1.82, 2.24) is 19.8 Å². The third kappa shape index (κ3) is 5.96. The predicted molar refractivity (Wildman–Crippen MR) is 118 cm³/mol. The molecule has 0 spiro atoms. The summed E-state index contributed by atoms with van der Waals surface area (Å²) in [4.78, 5) is 25.9. The van der Waals surface area contributed by atoms with Crippen LogP contribution in [0.5, 0.6) is 0 Å². The number of urea groups is 1. The summed E-state index contributed by atoms with van der Waals surface area (Å²) < 4.78 is 26.9. The molecule has 0 atom stereocenters. The van der Waals surface area contributed by atoms with Crippen molar-refractivity contribution in [3.63, 3.8) is 0 Å². The summed E-state index contributed by atoms with van der Waals surface area (Å²) >= 11 is 6.03. The number of nitrogens with one attached hydrogen (secondary N) is 2. The van der Waals surface area contributed by atoms with Gasteiger partial charge in [-0.3, -0.25) is 4.79 Å².